The van der Waals surface area contributed by atoms with Gasteiger partial charge in [0.15, 0.2) is 0 Å². The number of nitrogens with one attached hydrogen (secondary N) is 1. The molecule has 0 unspecified atom stereocenters. The first-order valence-corrected chi connectivity index (χ1v) is 14.7. The van der Waals surface area contributed by atoms with Crippen LogP contribution in [0.25, 0.3) is 11.1 Å². The fourth-order valence-corrected chi connectivity index (χ4v) is 4.82. The van der Waals surface area contributed by atoms with Crippen molar-refractivity contribution in [1.82, 2.24) is 10.2 Å². The molecule has 0 radical (unpaired) electrons. The molecule has 7 heteroatoms. The van der Waals surface area contributed by atoms with Gasteiger partial charge >= 0.3 is 5.97 Å². The van der Waals surface area contributed by atoms with Crippen molar-refractivity contribution in [1.29, 1.82) is 0 Å². The number of carbonyl (C=O) groups excluding carboxylic acids is 3. The summed E-state index contributed by atoms with van der Waals surface area (Å²) in [5, 5.41) is 3.00. The molecule has 0 atom stereocenters. The molecule has 4 aromatic rings. The Labute approximate surface area is 253 Å². The highest BCUT2D eigenvalue weighted by molar-refractivity contribution is 6.06. The maximum absolute atomic E-state index is 14.1. The van der Waals surface area contributed by atoms with Gasteiger partial charge in [0.25, 0.3) is 11.8 Å². The van der Waals surface area contributed by atoms with Gasteiger partial charge in [-0.1, -0.05) is 78.9 Å². The standard InChI is InChI=1S/C36H38N2O5/c1-3-42-29-20-18-27(19-21-29)22-24-38(25-23-34(39)43-4-2)36(41)33-17-11-9-15-31(33)30-14-8-10-16-32(30)35(40)37-26-28-12-6-5-7-13-28/h5-21H,3-4,22-26H2,1-2H3,(H,37,40). The molecule has 0 fully saturated rings. The Hall–Kier alpha value is -4.91. The number of rotatable bonds is 14. The molecule has 222 valence electrons. The van der Waals surface area contributed by atoms with Gasteiger partial charge in [-0.15, -0.1) is 0 Å². The van der Waals surface area contributed by atoms with Crippen molar-refractivity contribution < 1.29 is 23.9 Å². The van der Waals surface area contributed by atoms with Crippen LogP contribution in [-0.4, -0.2) is 49.0 Å². The van der Waals surface area contributed by atoms with Gasteiger partial charge in [0.05, 0.1) is 19.6 Å². The van der Waals surface area contributed by atoms with Gasteiger partial charge < -0.3 is 19.7 Å². The van der Waals surface area contributed by atoms with Crippen molar-refractivity contribution in [3.8, 4) is 16.9 Å². The van der Waals surface area contributed by atoms with E-state index in [4.69, 9.17) is 9.47 Å². The minimum absolute atomic E-state index is 0.0868. The summed E-state index contributed by atoms with van der Waals surface area (Å²) in [6.07, 6.45) is 0.686. The molecular weight excluding hydrogens is 540 g/mol. The van der Waals surface area contributed by atoms with Crippen LogP contribution in [0.3, 0.4) is 0 Å². The summed E-state index contributed by atoms with van der Waals surface area (Å²) in [4.78, 5) is 41.4. The van der Waals surface area contributed by atoms with Crippen LogP contribution >= 0.6 is 0 Å². The first-order chi connectivity index (χ1) is 21.0. The summed E-state index contributed by atoms with van der Waals surface area (Å²) in [5.74, 6) is -0.00122. The maximum Gasteiger partial charge on any atom is 0.307 e. The molecule has 0 bridgehead atoms. The highest BCUT2D eigenvalue weighted by Crippen LogP contribution is 2.28. The molecule has 0 heterocycles. The second-order valence-electron chi connectivity index (χ2n) is 9.93. The second-order valence-corrected chi connectivity index (χ2v) is 9.93. The first kappa shape index (κ1) is 31.0. The van der Waals surface area contributed by atoms with Crippen LogP contribution in [0.4, 0.5) is 0 Å². The molecule has 0 saturated carbocycles. The molecular formula is C36H38N2O5. The van der Waals surface area contributed by atoms with Crippen LogP contribution in [0, 0.1) is 0 Å². The predicted octanol–water partition coefficient (Wildman–Crippen LogP) is 6.32. The van der Waals surface area contributed by atoms with Crippen LogP contribution in [0.5, 0.6) is 5.75 Å². The van der Waals surface area contributed by atoms with Crippen molar-refractivity contribution in [2.45, 2.75) is 33.2 Å². The Morgan fingerprint density at radius 2 is 1.30 bits per heavy atom. The Balaban J connectivity index is 1.58. The van der Waals surface area contributed by atoms with E-state index < -0.39 is 0 Å². The molecule has 0 aliphatic heterocycles. The third kappa shape index (κ3) is 8.79. The van der Waals surface area contributed by atoms with Gasteiger partial charge in [-0.05, 0) is 66.8 Å². The van der Waals surface area contributed by atoms with E-state index in [0.717, 1.165) is 16.9 Å². The zero-order chi connectivity index (χ0) is 30.4. The molecule has 2 amide bonds. The molecule has 4 rings (SSSR count). The number of amides is 2. The third-order valence-electron chi connectivity index (χ3n) is 7.00. The second kappa shape index (κ2) is 15.9. The van der Waals surface area contributed by atoms with Crippen LogP contribution in [-0.2, 0) is 22.5 Å². The smallest absolute Gasteiger partial charge is 0.307 e. The first-order valence-electron chi connectivity index (χ1n) is 14.7. The summed E-state index contributed by atoms with van der Waals surface area (Å²) in [6.45, 7) is 5.58. The summed E-state index contributed by atoms with van der Waals surface area (Å²) in [5.41, 5.74) is 4.29. The Morgan fingerprint density at radius 1 is 0.674 bits per heavy atom. The van der Waals surface area contributed by atoms with Crippen molar-refractivity contribution in [2.75, 3.05) is 26.3 Å². The van der Waals surface area contributed by atoms with Gasteiger partial charge in [-0.3, -0.25) is 14.4 Å². The Kier molecular flexibility index (Phi) is 11.5. The third-order valence-corrected chi connectivity index (χ3v) is 7.00. The molecule has 0 saturated heterocycles. The summed E-state index contributed by atoms with van der Waals surface area (Å²) < 4.78 is 10.7. The van der Waals surface area contributed by atoms with Crippen LogP contribution in [0.2, 0.25) is 0 Å². The predicted molar refractivity (Wildman–Crippen MR) is 168 cm³/mol. The van der Waals surface area contributed by atoms with Crippen molar-refractivity contribution in [3.05, 3.63) is 125 Å². The van der Waals surface area contributed by atoms with E-state index in [-0.39, 0.29) is 37.4 Å². The van der Waals surface area contributed by atoms with E-state index in [1.165, 1.54) is 0 Å². The number of nitrogens with zero attached hydrogens (tertiary/aromatic N) is 1. The molecule has 0 aliphatic carbocycles. The number of ether oxygens (including phenoxy) is 2. The average Bonchev–Trinajstić information content (AvgIpc) is 3.05. The van der Waals surface area contributed by atoms with Gasteiger partial charge in [-0.2, -0.15) is 0 Å². The van der Waals surface area contributed by atoms with Crippen molar-refractivity contribution >= 4 is 17.8 Å². The number of carbonyl (C=O) groups is 3. The van der Waals surface area contributed by atoms with Gasteiger partial charge in [-0.25, -0.2) is 0 Å². The quantitative estimate of drug-likeness (QED) is 0.177. The highest BCUT2D eigenvalue weighted by atomic mass is 16.5. The molecule has 0 spiro atoms. The molecule has 1 N–H and O–H groups in total. The number of benzene rings is 4. The summed E-state index contributed by atoms with van der Waals surface area (Å²) in [6, 6.07) is 32.1. The summed E-state index contributed by atoms with van der Waals surface area (Å²) >= 11 is 0. The Bertz CT molecular complexity index is 1500. The topological polar surface area (TPSA) is 84.9 Å². The van der Waals surface area contributed by atoms with E-state index in [9.17, 15) is 14.4 Å². The van der Waals surface area contributed by atoms with E-state index in [1.54, 1.807) is 24.0 Å². The van der Waals surface area contributed by atoms with E-state index >= 15 is 0 Å². The van der Waals surface area contributed by atoms with Crippen LogP contribution in [0.15, 0.2) is 103 Å². The lowest BCUT2D eigenvalue weighted by Gasteiger charge is -2.24. The lowest BCUT2D eigenvalue weighted by Crippen LogP contribution is -2.35. The van der Waals surface area contributed by atoms with Gasteiger partial charge in [0.2, 0.25) is 0 Å². The molecule has 0 aliphatic rings. The molecule has 43 heavy (non-hydrogen) atoms. The lowest BCUT2D eigenvalue weighted by atomic mass is 9.94. The highest BCUT2D eigenvalue weighted by Gasteiger charge is 2.23. The lowest BCUT2D eigenvalue weighted by molar-refractivity contribution is -0.143. The summed E-state index contributed by atoms with van der Waals surface area (Å²) in [7, 11) is 0. The maximum atomic E-state index is 14.1. The molecule has 0 aromatic heterocycles. The van der Waals surface area contributed by atoms with E-state index in [0.29, 0.717) is 48.4 Å². The monoisotopic (exact) mass is 578 g/mol. The van der Waals surface area contributed by atoms with Gasteiger partial charge in [0, 0.05) is 30.8 Å². The van der Waals surface area contributed by atoms with Gasteiger partial charge in [0.1, 0.15) is 5.75 Å². The normalized spacial score (nSPS) is 10.6. The number of hydrogen-bond acceptors (Lipinski definition) is 5. The van der Waals surface area contributed by atoms with Crippen molar-refractivity contribution in [3.63, 3.8) is 0 Å². The molecule has 7 nitrogen and oxygen atoms in total. The Morgan fingerprint density at radius 3 is 1.98 bits per heavy atom. The van der Waals surface area contributed by atoms with Crippen LogP contribution in [0.1, 0.15) is 52.1 Å². The van der Waals surface area contributed by atoms with E-state index in [1.807, 2.05) is 97.9 Å². The minimum Gasteiger partial charge on any atom is -0.494 e. The molecule has 4 aromatic carbocycles. The van der Waals surface area contributed by atoms with E-state index in [2.05, 4.69) is 5.32 Å². The average molecular weight is 579 g/mol. The largest absolute Gasteiger partial charge is 0.494 e. The number of hydrogen-bond donors (Lipinski definition) is 1. The van der Waals surface area contributed by atoms with Crippen molar-refractivity contribution in [2.24, 2.45) is 0 Å². The fraction of sp³-hybridized carbons (Fsp3) is 0.250. The number of esters is 1. The SMILES string of the molecule is CCOC(=O)CCN(CCc1ccc(OCC)cc1)C(=O)c1ccccc1-c1ccccc1C(=O)NCc1ccccc1. The zero-order valence-corrected chi connectivity index (χ0v) is 24.8. The zero-order valence-electron chi connectivity index (χ0n) is 24.8. The van der Waals surface area contributed by atoms with Crippen LogP contribution < -0.4 is 10.1 Å². The fourth-order valence-electron chi connectivity index (χ4n) is 4.82. The minimum atomic E-state index is -0.352.